The van der Waals surface area contributed by atoms with Gasteiger partial charge in [-0.2, -0.15) is 0 Å². The first-order chi connectivity index (χ1) is 19.8. The largest absolute Gasteiger partial charge is 0.493 e. The molecule has 0 spiro atoms. The molecule has 0 radical (unpaired) electrons. The van der Waals surface area contributed by atoms with E-state index in [1.807, 2.05) is 18.2 Å². The fourth-order valence-electron chi connectivity index (χ4n) is 3.87. The van der Waals surface area contributed by atoms with E-state index in [-0.39, 0.29) is 19.1 Å². The number of hydrogen-bond acceptors (Lipinski definition) is 9. The number of hydrogen-bond donors (Lipinski definition) is 2. The Bertz CT molecular complexity index is 1670. The van der Waals surface area contributed by atoms with E-state index in [1.54, 1.807) is 60.7 Å². The highest BCUT2D eigenvalue weighted by Gasteiger charge is 2.16. The van der Waals surface area contributed by atoms with E-state index in [1.165, 1.54) is 13.2 Å². The summed E-state index contributed by atoms with van der Waals surface area (Å²) in [5, 5.41) is 4.46. The van der Waals surface area contributed by atoms with Gasteiger partial charge in [0.1, 0.15) is 24.7 Å². The second-order valence-corrected chi connectivity index (χ2v) is 10.4. The van der Waals surface area contributed by atoms with Crippen LogP contribution in [0.4, 0.5) is 0 Å². The minimum Gasteiger partial charge on any atom is -0.493 e. The molecule has 212 valence electrons. The average molecular weight is 579 g/mol. The summed E-state index contributed by atoms with van der Waals surface area (Å²) in [6.45, 7) is 2.48. The number of rotatable bonds is 12. The van der Waals surface area contributed by atoms with Gasteiger partial charge in [-0.15, -0.1) is 5.10 Å². The molecule has 0 atom stereocenters. The molecule has 4 aromatic heterocycles. The van der Waals surface area contributed by atoms with E-state index in [4.69, 9.17) is 23.0 Å². The molecule has 0 bridgehead atoms. The summed E-state index contributed by atoms with van der Waals surface area (Å²) < 4.78 is 41.5. The molecular weight excluding hydrogens is 551 g/mol. The maximum atomic E-state index is 11.4. The van der Waals surface area contributed by atoms with Crippen LogP contribution in [0.25, 0.3) is 17.7 Å². The number of methoxy groups -OCH3 is 1. The quantitative estimate of drug-likeness (QED) is 0.188. The predicted molar refractivity (Wildman–Crippen MR) is 147 cm³/mol. The Labute approximate surface area is 235 Å². The van der Waals surface area contributed by atoms with Crippen molar-refractivity contribution in [1.29, 1.82) is 0 Å². The lowest BCUT2D eigenvalue weighted by molar-refractivity contribution is 0.275. The summed E-state index contributed by atoms with van der Waals surface area (Å²) in [5.41, 5.74) is 2.72. The van der Waals surface area contributed by atoms with Crippen LogP contribution in [-0.4, -0.2) is 36.6 Å². The lowest BCUT2D eigenvalue weighted by Gasteiger charge is -2.12. The minimum atomic E-state index is -4.37. The van der Waals surface area contributed by atoms with Crippen LogP contribution in [0.3, 0.4) is 0 Å². The summed E-state index contributed by atoms with van der Waals surface area (Å²) in [7, 11) is -2.84. The number of nitrogens with zero attached hydrogens (tertiary/aromatic N) is 4. The van der Waals surface area contributed by atoms with Crippen LogP contribution in [0.5, 0.6) is 17.4 Å². The van der Waals surface area contributed by atoms with Crippen LogP contribution in [0.15, 0.2) is 82.0 Å². The molecule has 0 unspecified atom stereocenters. The molecule has 13 heteroatoms. The van der Waals surface area contributed by atoms with Crippen LogP contribution in [0.2, 0.25) is 0 Å². The van der Waals surface area contributed by atoms with Crippen molar-refractivity contribution >= 4 is 13.7 Å². The fraction of sp³-hybridized carbons (Fsp3) is 0.179. The Kier molecular flexibility index (Phi) is 8.34. The summed E-state index contributed by atoms with van der Waals surface area (Å²) >= 11 is 0. The minimum absolute atomic E-state index is 0.117. The van der Waals surface area contributed by atoms with Crippen LogP contribution in [0, 0.1) is 6.92 Å². The van der Waals surface area contributed by atoms with E-state index in [2.05, 4.69) is 15.1 Å². The van der Waals surface area contributed by atoms with Gasteiger partial charge >= 0.3 is 7.60 Å². The molecule has 41 heavy (non-hydrogen) atoms. The van der Waals surface area contributed by atoms with E-state index in [9.17, 15) is 14.4 Å². The molecule has 0 amide bonds. The van der Waals surface area contributed by atoms with Crippen LogP contribution in [-0.2, 0) is 24.3 Å². The van der Waals surface area contributed by atoms with E-state index < -0.39 is 7.60 Å². The van der Waals surface area contributed by atoms with Crippen LogP contribution < -0.4 is 14.2 Å². The van der Waals surface area contributed by atoms with E-state index in [0.29, 0.717) is 46.7 Å². The van der Waals surface area contributed by atoms with Gasteiger partial charge in [0.05, 0.1) is 25.5 Å². The molecule has 5 rings (SSSR count). The zero-order chi connectivity index (χ0) is 28.8. The zero-order valence-electron chi connectivity index (χ0n) is 22.2. The molecule has 0 fully saturated rings. The van der Waals surface area contributed by atoms with Crippen molar-refractivity contribution in [2.24, 2.45) is 0 Å². The highest BCUT2D eigenvalue weighted by Crippen LogP contribution is 2.38. The van der Waals surface area contributed by atoms with E-state index in [0.717, 1.165) is 16.9 Å². The van der Waals surface area contributed by atoms with Gasteiger partial charge in [-0.05, 0) is 54.5 Å². The van der Waals surface area contributed by atoms with Gasteiger partial charge in [0.25, 0.3) is 5.89 Å². The Balaban J connectivity index is 1.28. The molecule has 12 nitrogen and oxygen atoms in total. The molecular formula is C28H27N4O8P. The van der Waals surface area contributed by atoms with Crippen molar-refractivity contribution in [3.8, 4) is 29.0 Å². The Hall–Kier alpha value is -4.64. The average Bonchev–Trinajstić information content (AvgIpc) is 3.70. The first-order valence-electron chi connectivity index (χ1n) is 12.4. The summed E-state index contributed by atoms with van der Waals surface area (Å²) in [4.78, 5) is 27.1. The Morgan fingerprint density at radius 3 is 2.68 bits per heavy atom. The van der Waals surface area contributed by atoms with Gasteiger partial charge in [0.15, 0.2) is 17.3 Å². The van der Waals surface area contributed by atoms with Crippen molar-refractivity contribution in [3.05, 3.63) is 101 Å². The summed E-state index contributed by atoms with van der Waals surface area (Å²) in [6, 6.07) is 12.6. The third-order valence-electron chi connectivity index (χ3n) is 5.86. The topological polar surface area (TPSA) is 155 Å². The lowest BCUT2D eigenvalue weighted by Crippen LogP contribution is -2.03. The first kappa shape index (κ1) is 27.9. The molecule has 0 aliphatic carbocycles. The number of aryl methyl sites for hydroxylation is 1. The highest BCUT2D eigenvalue weighted by atomic mass is 31.2. The fourth-order valence-corrected chi connectivity index (χ4v) is 4.22. The Morgan fingerprint density at radius 1 is 1.07 bits per heavy atom. The second-order valence-electron chi connectivity index (χ2n) is 8.92. The lowest BCUT2D eigenvalue weighted by atomic mass is 10.2. The number of oxazole rings is 1. The normalized spacial score (nSPS) is 11.7. The molecule has 1 aromatic carbocycles. The zero-order valence-corrected chi connectivity index (χ0v) is 23.1. The maximum Gasteiger partial charge on any atom is 0.349 e. The monoisotopic (exact) mass is 578 g/mol. The van der Waals surface area contributed by atoms with E-state index >= 15 is 0 Å². The van der Waals surface area contributed by atoms with Gasteiger partial charge < -0.3 is 32.8 Å². The first-order valence-corrected chi connectivity index (χ1v) is 14.1. The highest BCUT2D eigenvalue weighted by molar-refractivity contribution is 7.55. The van der Waals surface area contributed by atoms with Gasteiger partial charge in [-0.1, -0.05) is 12.1 Å². The SMILES string of the molecule is COc1cc(COc2nn(Cc3cccnc3)cc2/C=C/P(=O)(O)O)ccc1OCc1nc(-c2ccco2)oc1C. The van der Waals surface area contributed by atoms with Crippen molar-refractivity contribution in [1.82, 2.24) is 19.7 Å². The molecule has 2 N–H and O–H groups in total. The number of aromatic nitrogens is 4. The van der Waals surface area contributed by atoms with Gasteiger partial charge in [-0.25, -0.2) is 4.98 Å². The molecule has 5 aromatic rings. The molecule has 4 heterocycles. The van der Waals surface area contributed by atoms with Gasteiger partial charge in [0.2, 0.25) is 5.88 Å². The van der Waals surface area contributed by atoms with Crippen molar-refractivity contribution in [2.75, 3.05) is 7.11 Å². The Morgan fingerprint density at radius 2 is 1.95 bits per heavy atom. The number of ether oxygens (including phenoxy) is 3. The summed E-state index contributed by atoms with van der Waals surface area (Å²) in [6.07, 6.45) is 7.88. The molecule has 0 aliphatic heterocycles. The standard InChI is InChI=1S/C28H27N4O8P/c1-19-23(30-28(40-19)25-6-4-11-37-25)18-38-24-8-7-20(13-26(24)36-2)17-39-27-22(9-12-41(33,34)35)16-32(31-27)15-21-5-3-10-29-14-21/h3-14,16H,15,17-18H2,1-2H3,(H2,33,34,35)/b12-9+. The number of benzene rings is 1. The molecule has 0 saturated heterocycles. The number of pyridine rings is 1. The van der Waals surface area contributed by atoms with Crippen molar-refractivity contribution < 1.29 is 37.4 Å². The van der Waals surface area contributed by atoms with Gasteiger partial charge in [-0.3, -0.25) is 14.2 Å². The van der Waals surface area contributed by atoms with Gasteiger partial charge in [0, 0.05) is 24.4 Å². The smallest absolute Gasteiger partial charge is 0.349 e. The molecule has 0 aliphatic rings. The maximum absolute atomic E-state index is 11.4. The third-order valence-corrected chi connectivity index (χ3v) is 6.40. The molecule has 0 saturated carbocycles. The third kappa shape index (κ3) is 7.31. The summed E-state index contributed by atoms with van der Waals surface area (Å²) in [5.74, 6) is 3.55. The number of furan rings is 1. The van der Waals surface area contributed by atoms with Crippen LogP contribution in [0.1, 0.15) is 28.1 Å². The van der Waals surface area contributed by atoms with Crippen molar-refractivity contribution in [2.45, 2.75) is 26.7 Å². The van der Waals surface area contributed by atoms with Crippen LogP contribution >= 0.6 is 7.60 Å². The van der Waals surface area contributed by atoms with Crippen molar-refractivity contribution in [3.63, 3.8) is 0 Å². The predicted octanol–water partition coefficient (Wildman–Crippen LogP) is 5.20. The second kappa shape index (κ2) is 12.3.